The molecule has 0 bridgehead atoms. The number of carbonyl (C=O) groups is 2. The molecule has 0 aromatic heterocycles. The number of carbonyl (C=O) groups excluding carboxylic acids is 1. The van der Waals surface area contributed by atoms with E-state index in [1.54, 1.807) is 25.1 Å². The topological polar surface area (TPSA) is 84.9 Å². The van der Waals surface area contributed by atoms with Crippen LogP contribution in [0.25, 0.3) is 0 Å². The molecular weight excluding hydrogens is 354 g/mol. The molecule has 0 aliphatic carbocycles. The Bertz CT molecular complexity index is 557. The van der Waals surface area contributed by atoms with E-state index in [0.29, 0.717) is 19.0 Å². The van der Waals surface area contributed by atoms with Gasteiger partial charge in [-0.3, -0.25) is 4.79 Å². The molecule has 0 radical (unpaired) electrons. The number of rotatable bonds is 5. The van der Waals surface area contributed by atoms with Crippen LogP contribution in [0.1, 0.15) is 19.8 Å². The van der Waals surface area contributed by atoms with Crippen molar-refractivity contribution in [1.29, 1.82) is 0 Å². The molecule has 120 valence electrons. The molecule has 2 N–H and O–H groups in total. The molecule has 0 spiro atoms. The lowest BCUT2D eigenvalue weighted by atomic mass is 9.90. The van der Waals surface area contributed by atoms with Gasteiger partial charge in [0.25, 0.3) is 5.91 Å². The quantitative estimate of drug-likeness (QED) is 0.826. The van der Waals surface area contributed by atoms with E-state index in [1.807, 2.05) is 6.07 Å². The zero-order valence-corrected chi connectivity index (χ0v) is 13.8. The van der Waals surface area contributed by atoms with Crippen LogP contribution in [-0.4, -0.2) is 41.8 Å². The fraction of sp³-hybridized carbons (Fsp3) is 0.467. The van der Waals surface area contributed by atoms with Crippen molar-refractivity contribution in [1.82, 2.24) is 5.32 Å². The Hall–Kier alpha value is -1.60. The molecule has 1 unspecified atom stereocenters. The van der Waals surface area contributed by atoms with Crippen LogP contribution in [-0.2, 0) is 14.3 Å². The van der Waals surface area contributed by atoms with Gasteiger partial charge in [-0.05, 0) is 25.1 Å². The lowest BCUT2D eigenvalue weighted by molar-refractivity contribution is -0.153. The second kappa shape index (κ2) is 7.11. The van der Waals surface area contributed by atoms with Gasteiger partial charge >= 0.3 is 5.97 Å². The normalized spacial score (nSPS) is 18.3. The van der Waals surface area contributed by atoms with Gasteiger partial charge in [0.1, 0.15) is 11.3 Å². The first-order valence-corrected chi connectivity index (χ1v) is 7.78. The van der Waals surface area contributed by atoms with Crippen molar-refractivity contribution in [3.63, 3.8) is 0 Å². The molecular formula is C15H18BrNO5. The summed E-state index contributed by atoms with van der Waals surface area (Å²) in [5, 5.41) is 12.0. The average Bonchev–Trinajstić information content (AvgIpc) is 2.48. The molecule has 1 aromatic rings. The van der Waals surface area contributed by atoms with Crippen LogP contribution in [0.2, 0.25) is 0 Å². The number of nitrogens with one attached hydrogen (secondary N) is 1. The molecule has 1 heterocycles. The SMILES string of the molecule is CC(Oc1cccc(Br)c1)C(=O)NC1(C(=O)O)CCOCC1. The second-order valence-corrected chi connectivity index (χ2v) is 6.12. The number of benzene rings is 1. The van der Waals surface area contributed by atoms with E-state index in [1.165, 1.54) is 0 Å². The summed E-state index contributed by atoms with van der Waals surface area (Å²) in [5.41, 5.74) is -1.27. The van der Waals surface area contributed by atoms with Gasteiger partial charge in [-0.2, -0.15) is 0 Å². The zero-order valence-electron chi connectivity index (χ0n) is 12.2. The fourth-order valence-electron chi connectivity index (χ4n) is 2.25. The van der Waals surface area contributed by atoms with Gasteiger partial charge in [0.15, 0.2) is 6.10 Å². The number of ether oxygens (including phenoxy) is 2. The highest BCUT2D eigenvalue weighted by atomic mass is 79.9. The molecule has 1 aliphatic heterocycles. The average molecular weight is 372 g/mol. The van der Waals surface area contributed by atoms with E-state index in [9.17, 15) is 14.7 Å². The van der Waals surface area contributed by atoms with E-state index in [-0.39, 0.29) is 12.8 Å². The van der Waals surface area contributed by atoms with Gasteiger partial charge < -0.3 is 19.9 Å². The van der Waals surface area contributed by atoms with Gasteiger partial charge in [-0.1, -0.05) is 22.0 Å². The molecule has 1 atom stereocenters. The highest BCUT2D eigenvalue weighted by Crippen LogP contribution is 2.22. The standard InChI is InChI=1S/C15H18BrNO5/c1-10(22-12-4-2-3-11(16)9-12)13(18)17-15(14(19)20)5-7-21-8-6-15/h2-4,9-10H,5-8H2,1H3,(H,17,18)(H,19,20). The summed E-state index contributed by atoms with van der Waals surface area (Å²) in [6.45, 7) is 2.21. The Morgan fingerprint density at radius 1 is 1.41 bits per heavy atom. The van der Waals surface area contributed by atoms with E-state index in [4.69, 9.17) is 9.47 Å². The predicted octanol–water partition coefficient (Wildman–Crippen LogP) is 1.97. The molecule has 22 heavy (non-hydrogen) atoms. The summed E-state index contributed by atoms with van der Waals surface area (Å²) in [6, 6.07) is 7.11. The molecule has 1 saturated heterocycles. The minimum atomic E-state index is -1.27. The van der Waals surface area contributed by atoms with E-state index >= 15 is 0 Å². The molecule has 0 saturated carbocycles. The third-order valence-electron chi connectivity index (χ3n) is 3.60. The Balaban J connectivity index is 2.02. The minimum Gasteiger partial charge on any atom is -0.481 e. The van der Waals surface area contributed by atoms with Crippen molar-refractivity contribution in [3.8, 4) is 5.75 Å². The Kier molecular flexibility index (Phi) is 5.42. The maximum absolute atomic E-state index is 12.3. The maximum atomic E-state index is 12.3. The summed E-state index contributed by atoms with van der Waals surface area (Å²) in [4.78, 5) is 23.8. The first-order chi connectivity index (χ1) is 10.4. The number of halogens is 1. The molecule has 2 rings (SSSR count). The van der Waals surface area contributed by atoms with Crippen LogP contribution in [0, 0.1) is 0 Å². The number of carboxylic acids is 1. The maximum Gasteiger partial charge on any atom is 0.329 e. The van der Waals surface area contributed by atoms with Crippen LogP contribution in [0.4, 0.5) is 0 Å². The van der Waals surface area contributed by atoms with Gasteiger partial charge in [-0.25, -0.2) is 4.79 Å². The summed E-state index contributed by atoms with van der Waals surface area (Å²) >= 11 is 3.32. The molecule has 6 nitrogen and oxygen atoms in total. The van der Waals surface area contributed by atoms with Crippen LogP contribution in [0.15, 0.2) is 28.7 Å². The molecule has 7 heteroatoms. The number of hydrogen-bond acceptors (Lipinski definition) is 4. The third-order valence-corrected chi connectivity index (χ3v) is 4.09. The lowest BCUT2D eigenvalue weighted by Crippen LogP contribution is -2.59. The predicted molar refractivity (Wildman–Crippen MR) is 82.8 cm³/mol. The first kappa shape index (κ1) is 16.8. The zero-order chi connectivity index (χ0) is 16.2. The first-order valence-electron chi connectivity index (χ1n) is 6.98. The van der Waals surface area contributed by atoms with Crippen LogP contribution in [0.3, 0.4) is 0 Å². The highest BCUT2D eigenvalue weighted by Gasteiger charge is 2.42. The minimum absolute atomic E-state index is 0.248. The Morgan fingerprint density at radius 3 is 2.68 bits per heavy atom. The molecule has 1 amide bonds. The Morgan fingerprint density at radius 2 is 2.09 bits per heavy atom. The fourth-order valence-corrected chi connectivity index (χ4v) is 2.63. The molecule has 1 fully saturated rings. The van der Waals surface area contributed by atoms with Crippen LogP contribution < -0.4 is 10.1 Å². The summed E-state index contributed by atoms with van der Waals surface area (Å²) in [7, 11) is 0. The van der Waals surface area contributed by atoms with Crippen molar-refractivity contribution in [2.24, 2.45) is 0 Å². The number of aliphatic carboxylic acids is 1. The van der Waals surface area contributed by atoms with E-state index in [2.05, 4.69) is 21.2 Å². The number of hydrogen-bond donors (Lipinski definition) is 2. The second-order valence-electron chi connectivity index (χ2n) is 5.21. The van der Waals surface area contributed by atoms with Crippen molar-refractivity contribution in [2.45, 2.75) is 31.4 Å². The Labute approximate surface area is 136 Å². The van der Waals surface area contributed by atoms with Gasteiger partial charge in [0.05, 0.1) is 0 Å². The van der Waals surface area contributed by atoms with E-state index in [0.717, 1.165) is 4.47 Å². The number of carboxylic acid groups (broad SMARTS) is 1. The monoisotopic (exact) mass is 371 g/mol. The van der Waals surface area contributed by atoms with Gasteiger partial charge in [0.2, 0.25) is 0 Å². The van der Waals surface area contributed by atoms with Crippen molar-refractivity contribution >= 4 is 27.8 Å². The summed E-state index contributed by atoms with van der Waals surface area (Å²) < 4.78 is 11.6. The largest absolute Gasteiger partial charge is 0.481 e. The number of amides is 1. The van der Waals surface area contributed by atoms with E-state index < -0.39 is 23.5 Å². The van der Waals surface area contributed by atoms with Crippen LogP contribution in [0.5, 0.6) is 5.75 Å². The van der Waals surface area contributed by atoms with Gasteiger partial charge in [0, 0.05) is 30.5 Å². The summed E-state index contributed by atoms with van der Waals surface area (Å²) in [5.74, 6) is -0.962. The third kappa shape index (κ3) is 3.98. The van der Waals surface area contributed by atoms with Crippen molar-refractivity contribution < 1.29 is 24.2 Å². The molecule has 1 aliphatic rings. The van der Waals surface area contributed by atoms with Crippen molar-refractivity contribution in [3.05, 3.63) is 28.7 Å². The lowest BCUT2D eigenvalue weighted by Gasteiger charge is -2.34. The highest BCUT2D eigenvalue weighted by molar-refractivity contribution is 9.10. The van der Waals surface area contributed by atoms with Gasteiger partial charge in [-0.15, -0.1) is 0 Å². The van der Waals surface area contributed by atoms with Crippen molar-refractivity contribution in [2.75, 3.05) is 13.2 Å². The molecule has 1 aromatic carbocycles. The smallest absolute Gasteiger partial charge is 0.329 e. The summed E-state index contributed by atoms with van der Waals surface area (Å²) in [6.07, 6.45) is -0.302. The van der Waals surface area contributed by atoms with Crippen LogP contribution >= 0.6 is 15.9 Å².